The van der Waals surface area contributed by atoms with Gasteiger partial charge in [-0.1, -0.05) is 0 Å². The molecular formula is C14H11BrN2O8S. The average Bonchev–Trinajstić information content (AvgIpc) is 3.02. The van der Waals surface area contributed by atoms with Crippen LogP contribution in [-0.4, -0.2) is 43.5 Å². The van der Waals surface area contributed by atoms with Gasteiger partial charge in [-0.25, -0.2) is 22.0 Å². The first-order chi connectivity index (χ1) is 12.1. The number of nitro groups is 1. The lowest BCUT2D eigenvalue weighted by molar-refractivity contribution is -0.387. The number of rotatable bonds is 5. The smallest absolute Gasteiger partial charge is 0.355 e. The van der Waals surface area contributed by atoms with Crippen molar-refractivity contribution in [2.24, 2.45) is 0 Å². The number of hydrogen-bond acceptors (Lipinski definition) is 8. The molecule has 12 heteroatoms. The lowest BCUT2D eigenvalue weighted by Crippen LogP contribution is -2.19. The number of ether oxygens (including phenoxy) is 2. The monoisotopic (exact) mass is 446 g/mol. The highest BCUT2D eigenvalue weighted by Gasteiger charge is 2.32. The average molecular weight is 447 g/mol. The summed E-state index contributed by atoms with van der Waals surface area (Å²) in [5, 5.41) is 11.3. The minimum absolute atomic E-state index is 0.194. The van der Waals surface area contributed by atoms with Crippen molar-refractivity contribution in [2.75, 3.05) is 14.2 Å². The summed E-state index contributed by atoms with van der Waals surface area (Å²) in [5.74, 6) is -1.82. The van der Waals surface area contributed by atoms with E-state index in [1.54, 1.807) is 0 Å². The molecule has 0 atom stereocenters. The second-order valence-corrected chi connectivity index (χ2v) is 7.47. The third kappa shape index (κ3) is 3.46. The molecule has 0 aliphatic carbocycles. The van der Waals surface area contributed by atoms with E-state index in [0.29, 0.717) is 3.97 Å². The van der Waals surface area contributed by atoms with E-state index in [9.17, 15) is 28.1 Å². The summed E-state index contributed by atoms with van der Waals surface area (Å²) in [6, 6.07) is 3.95. The van der Waals surface area contributed by atoms with E-state index in [4.69, 9.17) is 0 Å². The maximum atomic E-state index is 12.9. The van der Waals surface area contributed by atoms with Gasteiger partial charge in [0.25, 0.3) is 15.7 Å². The Morgan fingerprint density at radius 2 is 1.77 bits per heavy atom. The van der Waals surface area contributed by atoms with Crippen molar-refractivity contribution < 1.29 is 32.4 Å². The van der Waals surface area contributed by atoms with E-state index in [2.05, 4.69) is 25.4 Å². The number of halogens is 1. The van der Waals surface area contributed by atoms with Crippen LogP contribution >= 0.6 is 15.9 Å². The molecule has 0 unspecified atom stereocenters. The fourth-order valence-electron chi connectivity index (χ4n) is 2.09. The summed E-state index contributed by atoms with van der Waals surface area (Å²) in [6.45, 7) is 0. The molecule has 0 saturated heterocycles. The number of benzene rings is 1. The van der Waals surface area contributed by atoms with Crippen molar-refractivity contribution in [1.82, 2.24) is 3.97 Å². The van der Waals surface area contributed by atoms with Crippen LogP contribution in [0.4, 0.5) is 5.69 Å². The zero-order chi connectivity index (χ0) is 19.6. The lowest BCUT2D eigenvalue weighted by atomic mass is 10.2. The first-order valence-electron chi connectivity index (χ1n) is 6.72. The number of methoxy groups -OCH3 is 2. The van der Waals surface area contributed by atoms with Gasteiger partial charge in [0.1, 0.15) is 5.69 Å². The molecule has 2 rings (SSSR count). The molecular weight excluding hydrogens is 436 g/mol. The van der Waals surface area contributed by atoms with E-state index < -0.39 is 37.5 Å². The van der Waals surface area contributed by atoms with Crippen LogP contribution in [0, 0.1) is 10.1 Å². The number of nitro benzene ring substituents is 1. The van der Waals surface area contributed by atoms with Crippen LogP contribution < -0.4 is 0 Å². The van der Waals surface area contributed by atoms with Gasteiger partial charge >= 0.3 is 11.9 Å². The van der Waals surface area contributed by atoms with Crippen molar-refractivity contribution in [2.45, 2.75) is 4.90 Å². The molecule has 26 heavy (non-hydrogen) atoms. The van der Waals surface area contributed by atoms with Crippen LogP contribution in [-0.2, 0) is 19.5 Å². The Bertz CT molecular complexity index is 1010. The molecule has 0 spiro atoms. The quantitative estimate of drug-likeness (QED) is 0.386. The molecule has 0 amide bonds. The highest BCUT2D eigenvalue weighted by atomic mass is 79.9. The Morgan fingerprint density at radius 3 is 2.31 bits per heavy atom. The first-order valence-corrected chi connectivity index (χ1v) is 8.95. The fourth-order valence-corrected chi connectivity index (χ4v) is 4.14. The second kappa shape index (κ2) is 7.25. The third-order valence-electron chi connectivity index (χ3n) is 3.26. The summed E-state index contributed by atoms with van der Waals surface area (Å²) >= 11 is 3.04. The summed E-state index contributed by atoms with van der Waals surface area (Å²) in [5.41, 5.74) is -1.39. The summed E-state index contributed by atoms with van der Waals surface area (Å²) in [6.07, 6.45) is 1.06. The number of carbonyl (C=O) groups excluding carboxylic acids is 2. The number of aromatic nitrogens is 1. The number of esters is 2. The van der Waals surface area contributed by atoms with Gasteiger partial charge in [0.2, 0.25) is 0 Å². The van der Waals surface area contributed by atoms with E-state index in [1.165, 1.54) is 6.07 Å². The highest BCUT2D eigenvalue weighted by Crippen LogP contribution is 2.29. The molecule has 10 nitrogen and oxygen atoms in total. The lowest BCUT2D eigenvalue weighted by Gasteiger charge is -2.10. The van der Waals surface area contributed by atoms with Crippen molar-refractivity contribution in [1.29, 1.82) is 0 Å². The van der Waals surface area contributed by atoms with Crippen molar-refractivity contribution in [3.8, 4) is 0 Å². The van der Waals surface area contributed by atoms with Crippen molar-refractivity contribution in [3.63, 3.8) is 0 Å². The predicted molar refractivity (Wildman–Crippen MR) is 90.5 cm³/mol. The van der Waals surface area contributed by atoms with Gasteiger partial charge in [0.15, 0.2) is 4.90 Å². The Labute approximate surface area is 155 Å². The van der Waals surface area contributed by atoms with Crippen LogP contribution in [0.1, 0.15) is 20.8 Å². The van der Waals surface area contributed by atoms with Gasteiger partial charge in [-0.05, 0) is 34.1 Å². The van der Waals surface area contributed by atoms with Crippen LogP contribution in [0.15, 0.2) is 39.8 Å². The maximum absolute atomic E-state index is 12.9. The molecule has 0 fully saturated rings. The van der Waals surface area contributed by atoms with Crippen LogP contribution in [0.3, 0.4) is 0 Å². The molecule has 0 aliphatic rings. The molecule has 0 aliphatic heterocycles. The normalized spacial score (nSPS) is 11.0. The van der Waals surface area contributed by atoms with E-state index in [1.807, 2.05) is 0 Å². The molecule has 0 saturated carbocycles. The van der Waals surface area contributed by atoms with Crippen LogP contribution in [0.2, 0.25) is 0 Å². The van der Waals surface area contributed by atoms with Crippen molar-refractivity contribution >= 4 is 43.6 Å². The molecule has 0 N–H and O–H groups in total. The van der Waals surface area contributed by atoms with Crippen molar-refractivity contribution in [3.05, 3.63) is 56.3 Å². The maximum Gasteiger partial charge on any atom is 0.355 e. The van der Waals surface area contributed by atoms with Gasteiger partial charge < -0.3 is 9.47 Å². The van der Waals surface area contributed by atoms with Crippen LogP contribution in [0.25, 0.3) is 0 Å². The second-order valence-electron chi connectivity index (χ2n) is 4.77. The minimum Gasteiger partial charge on any atom is -0.465 e. The van der Waals surface area contributed by atoms with Gasteiger partial charge in [-0.2, -0.15) is 0 Å². The SMILES string of the molecule is COC(=O)c1ccc(S(=O)(=O)n2cc(Br)cc2C(=O)OC)c([N+](=O)[O-])c1. The molecule has 0 radical (unpaired) electrons. The largest absolute Gasteiger partial charge is 0.465 e. The topological polar surface area (TPSA) is 135 Å². The van der Waals surface area contributed by atoms with Gasteiger partial charge in [-0.3, -0.25) is 10.1 Å². The van der Waals surface area contributed by atoms with Gasteiger partial charge in [0, 0.05) is 16.7 Å². The highest BCUT2D eigenvalue weighted by molar-refractivity contribution is 9.10. The van der Waals surface area contributed by atoms with Crippen LogP contribution in [0.5, 0.6) is 0 Å². The predicted octanol–water partition coefficient (Wildman–Crippen LogP) is 1.97. The Balaban J connectivity index is 2.73. The molecule has 1 aromatic heterocycles. The number of carbonyl (C=O) groups is 2. The zero-order valence-corrected chi connectivity index (χ0v) is 15.7. The molecule has 0 bridgehead atoms. The molecule has 1 heterocycles. The van der Waals surface area contributed by atoms with Gasteiger partial charge in [-0.15, -0.1) is 0 Å². The minimum atomic E-state index is -4.54. The molecule has 2 aromatic rings. The fraction of sp³-hybridized carbons (Fsp3) is 0.143. The molecule has 138 valence electrons. The number of hydrogen-bond donors (Lipinski definition) is 0. The first kappa shape index (κ1) is 19.6. The summed E-state index contributed by atoms with van der Waals surface area (Å²) in [4.78, 5) is 33.0. The zero-order valence-electron chi connectivity index (χ0n) is 13.3. The molecule has 1 aromatic carbocycles. The Hall–Kier alpha value is -2.73. The third-order valence-corrected chi connectivity index (χ3v) is 5.42. The Morgan fingerprint density at radius 1 is 1.15 bits per heavy atom. The number of nitrogens with zero attached hydrogens (tertiary/aromatic N) is 2. The standard InChI is InChI=1S/C14H11BrN2O8S/c1-24-13(18)8-3-4-12(10(5-8)17(20)21)26(22,23)16-7-9(15)6-11(16)14(19)25-2/h3-7H,1-2H3. The van der Waals surface area contributed by atoms with E-state index in [0.717, 1.165) is 38.6 Å². The van der Waals surface area contributed by atoms with E-state index >= 15 is 0 Å². The Kier molecular flexibility index (Phi) is 5.47. The summed E-state index contributed by atoms with van der Waals surface area (Å²) in [7, 11) is -2.39. The van der Waals surface area contributed by atoms with Gasteiger partial charge in [0.05, 0.1) is 24.7 Å². The van der Waals surface area contributed by atoms with E-state index in [-0.39, 0.29) is 15.7 Å². The summed E-state index contributed by atoms with van der Waals surface area (Å²) < 4.78 is 35.6.